The van der Waals surface area contributed by atoms with Gasteiger partial charge >= 0.3 is 0 Å². The molecule has 2 aromatic carbocycles. The predicted octanol–water partition coefficient (Wildman–Crippen LogP) is 5.84. The molecule has 0 nitrogen and oxygen atoms in total. The molecule has 3 aromatic rings. The molecule has 0 aliphatic rings. The van der Waals surface area contributed by atoms with E-state index in [9.17, 15) is 4.39 Å². The molecule has 100 valence electrons. The maximum atomic E-state index is 13.8. The largest absolute Gasteiger partial charge is 0.205 e. The fourth-order valence-corrected chi connectivity index (χ4v) is 3.13. The van der Waals surface area contributed by atoms with Crippen LogP contribution in [0.1, 0.15) is 10.4 Å². The van der Waals surface area contributed by atoms with Gasteiger partial charge in [-0.3, -0.25) is 0 Å². The zero-order chi connectivity index (χ0) is 14.1. The van der Waals surface area contributed by atoms with Gasteiger partial charge in [0.05, 0.1) is 4.88 Å². The summed E-state index contributed by atoms with van der Waals surface area (Å²) in [4.78, 5) is 1.72. The Morgan fingerprint density at radius 3 is 1.75 bits per heavy atom. The zero-order valence-electron chi connectivity index (χ0n) is 11.5. The molecular formula is C18H15FS. The summed E-state index contributed by atoms with van der Waals surface area (Å²) in [6.45, 7) is 4.01. The van der Waals surface area contributed by atoms with E-state index in [2.05, 4.69) is 43.3 Å². The Hall–Kier alpha value is -1.93. The molecule has 0 unspecified atom stereocenters. The van der Waals surface area contributed by atoms with Crippen LogP contribution >= 0.6 is 11.3 Å². The predicted molar refractivity (Wildman–Crippen MR) is 84.6 cm³/mol. The first kappa shape index (κ1) is 13.1. The molecule has 1 heterocycles. The maximum absolute atomic E-state index is 13.8. The molecule has 0 aliphatic heterocycles. The Bertz CT molecular complexity index is 721. The molecule has 0 saturated heterocycles. The summed E-state index contributed by atoms with van der Waals surface area (Å²) in [5, 5.41) is 0. The van der Waals surface area contributed by atoms with Gasteiger partial charge in [0.1, 0.15) is 5.82 Å². The van der Waals surface area contributed by atoms with E-state index in [0.717, 1.165) is 20.9 Å². The molecule has 0 fully saturated rings. The molecular weight excluding hydrogens is 267 g/mol. The van der Waals surface area contributed by atoms with Crippen LogP contribution in [0.2, 0.25) is 0 Å². The Morgan fingerprint density at radius 2 is 1.25 bits per heavy atom. The van der Waals surface area contributed by atoms with Gasteiger partial charge in [0.15, 0.2) is 0 Å². The molecule has 0 amide bonds. The highest BCUT2D eigenvalue weighted by Crippen LogP contribution is 2.32. The van der Waals surface area contributed by atoms with E-state index >= 15 is 0 Å². The van der Waals surface area contributed by atoms with Crippen molar-refractivity contribution in [2.45, 2.75) is 13.8 Å². The van der Waals surface area contributed by atoms with E-state index in [-0.39, 0.29) is 5.82 Å². The van der Waals surface area contributed by atoms with Gasteiger partial charge in [-0.05, 0) is 36.6 Å². The summed E-state index contributed by atoms with van der Waals surface area (Å²) in [5.74, 6) is -0.129. The van der Waals surface area contributed by atoms with Crippen LogP contribution in [0.3, 0.4) is 0 Å². The molecule has 0 bridgehead atoms. The van der Waals surface area contributed by atoms with E-state index in [4.69, 9.17) is 0 Å². The summed E-state index contributed by atoms with van der Waals surface area (Å²) in [6.07, 6.45) is 0. The third-order valence-electron chi connectivity index (χ3n) is 3.34. The monoisotopic (exact) mass is 282 g/mol. The van der Waals surface area contributed by atoms with Crippen LogP contribution in [0, 0.1) is 19.7 Å². The summed E-state index contributed by atoms with van der Waals surface area (Å²) >= 11 is 1.50. The molecule has 0 spiro atoms. The summed E-state index contributed by atoms with van der Waals surface area (Å²) in [6, 6.07) is 18.1. The summed E-state index contributed by atoms with van der Waals surface area (Å²) in [5.41, 5.74) is 4.53. The van der Waals surface area contributed by atoms with Crippen LogP contribution < -0.4 is 0 Å². The van der Waals surface area contributed by atoms with Crippen molar-refractivity contribution in [2.75, 3.05) is 0 Å². The van der Waals surface area contributed by atoms with Crippen molar-refractivity contribution >= 4 is 11.3 Å². The first-order valence-electron chi connectivity index (χ1n) is 6.57. The van der Waals surface area contributed by atoms with E-state index in [1.165, 1.54) is 22.5 Å². The van der Waals surface area contributed by atoms with Gasteiger partial charge in [-0.2, -0.15) is 0 Å². The van der Waals surface area contributed by atoms with Crippen molar-refractivity contribution in [2.24, 2.45) is 0 Å². The Labute approximate surface area is 122 Å². The van der Waals surface area contributed by atoms with Crippen molar-refractivity contribution in [1.29, 1.82) is 0 Å². The molecule has 0 aliphatic carbocycles. The van der Waals surface area contributed by atoms with E-state index in [1.54, 1.807) is 6.07 Å². The first-order chi connectivity index (χ1) is 9.63. The summed E-state index contributed by atoms with van der Waals surface area (Å²) in [7, 11) is 0. The Kier molecular flexibility index (Phi) is 3.41. The van der Waals surface area contributed by atoms with Crippen LogP contribution in [0.25, 0.3) is 21.6 Å². The Morgan fingerprint density at radius 1 is 0.750 bits per heavy atom. The topological polar surface area (TPSA) is 0 Å². The van der Waals surface area contributed by atoms with E-state index in [0.29, 0.717) is 0 Å². The highest BCUT2D eigenvalue weighted by Gasteiger charge is 2.09. The first-order valence-corrected chi connectivity index (χ1v) is 7.38. The SMILES string of the molecule is Cc1ccc(-c2ccc(-c3sc(C)cc3F)cc2)cc1. The van der Waals surface area contributed by atoms with Gasteiger partial charge < -0.3 is 0 Å². The van der Waals surface area contributed by atoms with Crippen LogP contribution in [-0.2, 0) is 0 Å². The molecule has 20 heavy (non-hydrogen) atoms. The number of thiophene rings is 1. The number of aryl methyl sites for hydroxylation is 2. The van der Waals surface area contributed by atoms with E-state index in [1.807, 2.05) is 19.1 Å². The second-order valence-electron chi connectivity index (χ2n) is 4.98. The third kappa shape index (κ3) is 2.52. The van der Waals surface area contributed by atoms with Crippen molar-refractivity contribution < 1.29 is 4.39 Å². The number of hydrogen-bond acceptors (Lipinski definition) is 1. The Balaban J connectivity index is 1.95. The molecule has 0 atom stereocenters. The molecule has 2 heteroatoms. The van der Waals surface area contributed by atoms with Crippen LogP contribution in [0.4, 0.5) is 4.39 Å². The van der Waals surface area contributed by atoms with Gasteiger partial charge in [-0.25, -0.2) is 4.39 Å². The average molecular weight is 282 g/mol. The molecule has 0 radical (unpaired) electrons. The average Bonchev–Trinajstić information content (AvgIpc) is 2.79. The van der Waals surface area contributed by atoms with Gasteiger partial charge in [0, 0.05) is 4.88 Å². The smallest absolute Gasteiger partial charge is 0.142 e. The lowest BCUT2D eigenvalue weighted by atomic mass is 10.0. The second-order valence-corrected chi connectivity index (χ2v) is 6.23. The quantitative estimate of drug-likeness (QED) is 0.554. The van der Waals surface area contributed by atoms with Crippen molar-refractivity contribution in [1.82, 2.24) is 0 Å². The highest BCUT2D eigenvalue weighted by atomic mass is 32.1. The standard InChI is InChI=1S/C18H15FS/c1-12-3-5-14(6-4-12)15-7-9-16(10-8-15)18-17(19)11-13(2)20-18/h3-11H,1-2H3. The minimum absolute atomic E-state index is 0.129. The summed E-state index contributed by atoms with van der Waals surface area (Å²) < 4.78 is 13.8. The molecule has 0 saturated carbocycles. The van der Waals surface area contributed by atoms with Gasteiger partial charge in [0.2, 0.25) is 0 Å². The second kappa shape index (κ2) is 5.22. The fraction of sp³-hybridized carbons (Fsp3) is 0.111. The molecule has 0 N–H and O–H groups in total. The molecule has 3 rings (SSSR count). The van der Waals surface area contributed by atoms with Gasteiger partial charge in [-0.1, -0.05) is 54.1 Å². The van der Waals surface area contributed by atoms with Gasteiger partial charge in [0.25, 0.3) is 0 Å². The normalized spacial score (nSPS) is 10.8. The van der Waals surface area contributed by atoms with Crippen molar-refractivity contribution in [3.63, 3.8) is 0 Å². The number of rotatable bonds is 2. The van der Waals surface area contributed by atoms with Gasteiger partial charge in [-0.15, -0.1) is 11.3 Å². The fourth-order valence-electron chi connectivity index (χ4n) is 2.24. The minimum atomic E-state index is -0.129. The lowest BCUT2D eigenvalue weighted by Crippen LogP contribution is -1.80. The maximum Gasteiger partial charge on any atom is 0.142 e. The van der Waals surface area contributed by atoms with Crippen LogP contribution in [-0.4, -0.2) is 0 Å². The zero-order valence-corrected chi connectivity index (χ0v) is 12.3. The van der Waals surface area contributed by atoms with Crippen molar-refractivity contribution in [3.8, 4) is 21.6 Å². The number of hydrogen-bond donors (Lipinski definition) is 0. The lowest BCUT2D eigenvalue weighted by molar-refractivity contribution is 0.635. The molecule has 1 aromatic heterocycles. The van der Waals surface area contributed by atoms with Crippen LogP contribution in [0.5, 0.6) is 0 Å². The minimum Gasteiger partial charge on any atom is -0.205 e. The van der Waals surface area contributed by atoms with Crippen LogP contribution in [0.15, 0.2) is 54.6 Å². The van der Waals surface area contributed by atoms with E-state index < -0.39 is 0 Å². The van der Waals surface area contributed by atoms with Crippen molar-refractivity contribution in [3.05, 3.63) is 70.9 Å². The number of halogens is 1. The highest BCUT2D eigenvalue weighted by molar-refractivity contribution is 7.15. The lowest BCUT2D eigenvalue weighted by Gasteiger charge is -2.04. The number of benzene rings is 2. The third-order valence-corrected chi connectivity index (χ3v) is 4.42.